The summed E-state index contributed by atoms with van der Waals surface area (Å²) in [5.74, 6) is -0.00615. The van der Waals surface area contributed by atoms with Crippen LogP contribution in [-0.2, 0) is 9.59 Å². The zero-order valence-corrected chi connectivity index (χ0v) is 22.0. The number of hydrogen-bond acceptors (Lipinski definition) is 6. The van der Waals surface area contributed by atoms with E-state index in [1.54, 1.807) is 18.2 Å². The second-order valence-electron chi connectivity index (χ2n) is 11.1. The molecule has 206 valence electrons. The number of benzene rings is 3. The number of nitrogens with one attached hydrogen (secondary N) is 1. The Balaban J connectivity index is 1.10. The van der Waals surface area contributed by atoms with Gasteiger partial charge in [0.05, 0.1) is 11.3 Å². The fourth-order valence-corrected chi connectivity index (χ4v) is 6.66. The van der Waals surface area contributed by atoms with E-state index in [9.17, 15) is 18.8 Å². The minimum absolute atomic E-state index is 0.00994. The molecule has 3 heterocycles. The van der Waals surface area contributed by atoms with Crippen LogP contribution in [0.1, 0.15) is 48.9 Å². The molecule has 3 atom stereocenters. The minimum Gasteiger partial charge on any atom is -0.488 e. The molecule has 9 heteroatoms. The molecule has 3 aliphatic heterocycles. The maximum Gasteiger partial charge on any atom is 0.259 e. The fourth-order valence-electron chi connectivity index (χ4n) is 6.66. The topological polar surface area (TPSA) is 88.2 Å². The zero-order valence-electron chi connectivity index (χ0n) is 22.0. The molecule has 2 saturated heterocycles. The van der Waals surface area contributed by atoms with Crippen LogP contribution in [0.3, 0.4) is 0 Å². The highest BCUT2D eigenvalue weighted by Gasteiger charge is 2.42. The first-order chi connectivity index (χ1) is 19.5. The third kappa shape index (κ3) is 4.29. The number of imide groups is 1. The fraction of sp³-hybridized carbons (Fsp3) is 0.387. The maximum atomic E-state index is 13.5. The first kappa shape index (κ1) is 25.0. The average molecular weight is 544 g/mol. The Morgan fingerprint density at radius 1 is 0.900 bits per heavy atom. The number of rotatable bonds is 6. The molecule has 40 heavy (non-hydrogen) atoms. The Morgan fingerprint density at radius 3 is 2.55 bits per heavy atom. The summed E-state index contributed by atoms with van der Waals surface area (Å²) in [5, 5.41) is 4.00. The lowest BCUT2D eigenvalue weighted by atomic mass is 9.89. The number of nitrogens with zero attached hydrogens (tertiary/aromatic N) is 2. The first-order valence-corrected chi connectivity index (χ1v) is 14.0. The predicted octanol–water partition coefficient (Wildman–Crippen LogP) is 4.20. The Labute approximate surface area is 231 Å². The van der Waals surface area contributed by atoms with Gasteiger partial charge in [0, 0.05) is 42.4 Å². The summed E-state index contributed by atoms with van der Waals surface area (Å²) >= 11 is 0. The molecule has 0 radical (unpaired) electrons. The Kier molecular flexibility index (Phi) is 6.19. The van der Waals surface area contributed by atoms with Gasteiger partial charge in [-0.05, 0) is 56.0 Å². The van der Waals surface area contributed by atoms with Gasteiger partial charge in [0.1, 0.15) is 35.6 Å². The van der Waals surface area contributed by atoms with Crippen molar-refractivity contribution in [1.82, 2.24) is 10.2 Å². The van der Waals surface area contributed by atoms with Crippen LogP contribution in [0, 0.1) is 5.82 Å². The molecule has 1 N–H and O–H groups in total. The molecular weight excluding hydrogens is 513 g/mol. The van der Waals surface area contributed by atoms with Crippen molar-refractivity contribution in [3.8, 4) is 11.5 Å². The number of halogens is 1. The van der Waals surface area contributed by atoms with E-state index in [0.717, 1.165) is 55.3 Å². The van der Waals surface area contributed by atoms with Crippen LogP contribution < -0.4 is 19.7 Å². The van der Waals surface area contributed by atoms with E-state index < -0.39 is 11.9 Å². The van der Waals surface area contributed by atoms with Crippen LogP contribution in [-0.4, -0.2) is 60.0 Å². The molecule has 8 nitrogen and oxygen atoms in total. The second-order valence-corrected chi connectivity index (χ2v) is 11.1. The van der Waals surface area contributed by atoms with Gasteiger partial charge in [-0.3, -0.25) is 29.5 Å². The van der Waals surface area contributed by atoms with Crippen molar-refractivity contribution in [2.75, 3.05) is 18.0 Å². The van der Waals surface area contributed by atoms with Gasteiger partial charge in [0.2, 0.25) is 11.8 Å². The third-order valence-corrected chi connectivity index (χ3v) is 8.60. The first-order valence-electron chi connectivity index (χ1n) is 14.0. The number of piperidine rings is 1. The zero-order chi connectivity index (χ0) is 27.4. The van der Waals surface area contributed by atoms with Gasteiger partial charge < -0.3 is 9.47 Å². The second kappa shape index (κ2) is 9.89. The molecule has 7 rings (SSSR count). The van der Waals surface area contributed by atoms with Gasteiger partial charge in [-0.25, -0.2) is 4.39 Å². The van der Waals surface area contributed by atoms with Crippen molar-refractivity contribution in [1.29, 1.82) is 0 Å². The van der Waals surface area contributed by atoms with Gasteiger partial charge in [0.25, 0.3) is 5.91 Å². The van der Waals surface area contributed by atoms with Gasteiger partial charge >= 0.3 is 0 Å². The maximum absolute atomic E-state index is 13.5. The van der Waals surface area contributed by atoms with Crippen molar-refractivity contribution in [2.45, 2.75) is 62.8 Å². The molecular formula is C31H30FN3O5. The van der Waals surface area contributed by atoms with Crippen LogP contribution in [0.2, 0.25) is 0 Å². The van der Waals surface area contributed by atoms with E-state index in [4.69, 9.17) is 9.47 Å². The van der Waals surface area contributed by atoms with Crippen molar-refractivity contribution < 1.29 is 28.2 Å². The summed E-state index contributed by atoms with van der Waals surface area (Å²) < 4.78 is 26.2. The van der Waals surface area contributed by atoms with E-state index >= 15 is 0 Å². The lowest BCUT2D eigenvalue weighted by Crippen LogP contribution is -2.62. The normalized spacial score (nSPS) is 25.2. The quantitative estimate of drug-likeness (QED) is 0.469. The van der Waals surface area contributed by atoms with Crippen molar-refractivity contribution in [3.63, 3.8) is 0 Å². The Bertz CT molecular complexity index is 1520. The van der Waals surface area contributed by atoms with Gasteiger partial charge in [-0.2, -0.15) is 0 Å². The predicted molar refractivity (Wildman–Crippen MR) is 146 cm³/mol. The molecule has 0 bridgehead atoms. The summed E-state index contributed by atoms with van der Waals surface area (Å²) in [6.07, 6.45) is 4.69. The summed E-state index contributed by atoms with van der Waals surface area (Å²) in [5.41, 5.74) is 1.22. The van der Waals surface area contributed by atoms with E-state index in [1.807, 2.05) is 24.3 Å². The highest BCUT2D eigenvalue weighted by atomic mass is 19.1. The SMILES string of the molecule is O=C1CCC(N2C(=O)c3ccc(O[C@@H]4CCCCC4N4CC(Oc5cccc(F)c5)C4)c4cccc2c34)C(=O)N1. The summed E-state index contributed by atoms with van der Waals surface area (Å²) in [4.78, 5) is 41.7. The summed E-state index contributed by atoms with van der Waals surface area (Å²) in [6.45, 7) is 1.53. The molecule has 3 fully saturated rings. The van der Waals surface area contributed by atoms with Crippen LogP contribution >= 0.6 is 0 Å². The number of likely N-dealkylation sites (tertiary alicyclic amines) is 1. The molecule has 1 saturated carbocycles. The largest absolute Gasteiger partial charge is 0.488 e. The smallest absolute Gasteiger partial charge is 0.259 e. The lowest BCUT2D eigenvalue weighted by molar-refractivity contribution is -0.134. The molecule has 4 aliphatic rings. The number of carbonyl (C=O) groups is 3. The highest BCUT2D eigenvalue weighted by Crippen LogP contribution is 2.44. The molecule has 2 unspecified atom stereocenters. The molecule has 0 aromatic heterocycles. The Hall–Kier alpha value is -3.98. The van der Waals surface area contributed by atoms with Crippen LogP contribution in [0.4, 0.5) is 10.1 Å². The van der Waals surface area contributed by atoms with Crippen molar-refractivity contribution in [2.24, 2.45) is 0 Å². The standard InChI is InChI=1S/C31H30FN3O5/c32-18-5-3-6-19(15-18)39-20-16-34(17-20)23-8-1-2-10-27(23)40-26-13-11-22-29-21(26)7-4-9-24(29)35(31(22)38)25-12-14-28(36)33-30(25)37/h3-7,9,11,13,15,20,23,25,27H,1-2,8,10,12,14,16-17H2,(H,33,36,37)/t23?,25?,27-/m1/s1. The monoisotopic (exact) mass is 543 g/mol. The molecule has 1 aliphatic carbocycles. The number of ether oxygens (including phenoxy) is 2. The van der Waals surface area contributed by atoms with Crippen LogP contribution in [0.5, 0.6) is 11.5 Å². The van der Waals surface area contributed by atoms with E-state index in [2.05, 4.69) is 10.2 Å². The minimum atomic E-state index is -0.718. The van der Waals surface area contributed by atoms with Crippen LogP contribution in [0.25, 0.3) is 10.8 Å². The van der Waals surface area contributed by atoms with E-state index in [-0.39, 0.29) is 42.3 Å². The van der Waals surface area contributed by atoms with Crippen LogP contribution in [0.15, 0.2) is 54.6 Å². The summed E-state index contributed by atoms with van der Waals surface area (Å²) in [7, 11) is 0. The van der Waals surface area contributed by atoms with Gasteiger partial charge in [0.15, 0.2) is 0 Å². The van der Waals surface area contributed by atoms with E-state index in [0.29, 0.717) is 23.4 Å². The average Bonchev–Trinajstić information content (AvgIpc) is 3.20. The molecule has 3 amide bonds. The van der Waals surface area contributed by atoms with Gasteiger partial charge in [-0.1, -0.05) is 24.6 Å². The number of carbonyl (C=O) groups excluding carboxylic acids is 3. The number of amides is 3. The number of hydrogen-bond donors (Lipinski definition) is 1. The molecule has 3 aromatic rings. The summed E-state index contributed by atoms with van der Waals surface area (Å²) in [6, 6.07) is 15.1. The van der Waals surface area contributed by atoms with Gasteiger partial charge in [-0.15, -0.1) is 0 Å². The highest BCUT2D eigenvalue weighted by molar-refractivity contribution is 6.27. The Morgan fingerprint density at radius 2 is 1.73 bits per heavy atom. The molecule has 0 spiro atoms. The van der Waals surface area contributed by atoms with E-state index in [1.165, 1.54) is 17.0 Å². The van der Waals surface area contributed by atoms with Crippen molar-refractivity contribution >= 4 is 34.2 Å². The van der Waals surface area contributed by atoms with Crippen molar-refractivity contribution in [3.05, 3.63) is 66.0 Å². The third-order valence-electron chi connectivity index (χ3n) is 8.60. The molecule has 3 aromatic carbocycles. The number of anilines is 1. The lowest BCUT2D eigenvalue weighted by Gasteiger charge is -2.47.